The Balaban J connectivity index is 0.00000529. The lowest BCUT2D eigenvalue weighted by Gasteiger charge is -2.30. The van der Waals surface area contributed by atoms with Crippen LogP contribution in [0.4, 0.5) is 0 Å². The summed E-state index contributed by atoms with van der Waals surface area (Å²) in [6.07, 6.45) is 9.52. The molecular weight excluding hydrogens is 433 g/mol. The maximum atomic E-state index is 12.1. The van der Waals surface area contributed by atoms with Crippen LogP contribution in [0.1, 0.15) is 72.1 Å². The third-order valence-electron chi connectivity index (χ3n) is 4.95. The number of guanidine groups is 1. The van der Waals surface area contributed by atoms with E-state index in [9.17, 15) is 4.21 Å². The molecule has 1 rings (SSSR count). The largest absolute Gasteiger partial charge is 0.356 e. The summed E-state index contributed by atoms with van der Waals surface area (Å²) in [7, 11) is 1.17. The van der Waals surface area contributed by atoms with Crippen molar-refractivity contribution in [3.05, 3.63) is 0 Å². The molecule has 6 heteroatoms. The quantitative estimate of drug-likeness (QED) is 0.303. The maximum absolute atomic E-state index is 12.1. The first-order chi connectivity index (χ1) is 11.1. The minimum absolute atomic E-state index is 0. The minimum atomic E-state index is -0.667. The number of rotatable bonds is 9. The molecule has 0 spiro atoms. The molecule has 0 aromatic heterocycles. The number of unbranched alkanes of at least 4 members (excludes halogenated alkanes) is 1. The van der Waals surface area contributed by atoms with Crippen LogP contribution in [0.3, 0.4) is 0 Å². The van der Waals surface area contributed by atoms with E-state index in [4.69, 9.17) is 0 Å². The lowest BCUT2D eigenvalue weighted by Crippen LogP contribution is -2.47. The van der Waals surface area contributed by atoms with Crippen LogP contribution in [0, 0.1) is 5.92 Å². The number of halogens is 1. The molecular formula is C18H38IN3OS. The number of aliphatic imine (C=N–C) groups is 1. The zero-order chi connectivity index (χ0) is 17.1. The van der Waals surface area contributed by atoms with Gasteiger partial charge in [-0.2, -0.15) is 0 Å². The molecule has 2 N–H and O–H groups in total. The van der Waals surface area contributed by atoms with E-state index in [2.05, 4.69) is 29.5 Å². The van der Waals surface area contributed by atoms with E-state index in [1.165, 1.54) is 32.1 Å². The van der Waals surface area contributed by atoms with Crippen molar-refractivity contribution in [1.82, 2.24) is 10.6 Å². The van der Waals surface area contributed by atoms with Gasteiger partial charge >= 0.3 is 0 Å². The van der Waals surface area contributed by atoms with Crippen LogP contribution in [0.2, 0.25) is 0 Å². The lowest BCUT2D eigenvalue weighted by atomic mass is 9.95. The SMILES string of the molecule is CCCCC(CC)CNC(=NC)NC1CCCC(S(=O)CC)C1.I. The van der Waals surface area contributed by atoms with E-state index >= 15 is 0 Å². The number of hydrogen-bond donors (Lipinski definition) is 2. The second-order valence-corrected chi connectivity index (χ2v) is 8.67. The molecule has 4 unspecified atom stereocenters. The highest BCUT2D eigenvalue weighted by Crippen LogP contribution is 2.23. The van der Waals surface area contributed by atoms with Gasteiger partial charge in [0, 0.05) is 41.4 Å². The van der Waals surface area contributed by atoms with Crippen molar-refractivity contribution in [3.63, 3.8) is 0 Å². The molecule has 0 aromatic carbocycles. The molecule has 24 heavy (non-hydrogen) atoms. The van der Waals surface area contributed by atoms with Gasteiger partial charge in [-0.25, -0.2) is 0 Å². The van der Waals surface area contributed by atoms with Crippen LogP contribution in [-0.4, -0.2) is 40.8 Å². The zero-order valence-corrected chi connectivity index (χ0v) is 19.1. The van der Waals surface area contributed by atoms with Gasteiger partial charge in [-0.05, 0) is 31.6 Å². The van der Waals surface area contributed by atoms with E-state index in [0.717, 1.165) is 43.4 Å². The highest BCUT2D eigenvalue weighted by Gasteiger charge is 2.26. The molecule has 4 nitrogen and oxygen atoms in total. The molecule has 0 aromatic rings. The third-order valence-corrected chi connectivity index (χ3v) is 6.69. The lowest BCUT2D eigenvalue weighted by molar-refractivity contribution is 0.407. The fourth-order valence-corrected chi connectivity index (χ4v) is 4.67. The normalized spacial score (nSPS) is 23.9. The fraction of sp³-hybridized carbons (Fsp3) is 0.944. The van der Waals surface area contributed by atoms with Crippen molar-refractivity contribution in [2.24, 2.45) is 10.9 Å². The van der Waals surface area contributed by atoms with Crippen molar-refractivity contribution >= 4 is 40.7 Å². The van der Waals surface area contributed by atoms with E-state index in [1.54, 1.807) is 0 Å². The molecule has 144 valence electrons. The van der Waals surface area contributed by atoms with Gasteiger partial charge in [0.1, 0.15) is 0 Å². The summed E-state index contributed by atoms with van der Waals surface area (Å²) in [5.74, 6) is 2.41. The molecule has 1 aliphatic carbocycles. The predicted octanol–water partition coefficient (Wildman–Crippen LogP) is 4.07. The number of hydrogen-bond acceptors (Lipinski definition) is 2. The van der Waals surface area contributed by atoms with Gasteiger partial charge in [0.25, 0.3) is 0 Å². The topological polar surface area (TPSA) is 53.5 Å². The Morgan fingerprint density at radius 1 is 1.29 bits per heavy atom. The average molecular weight is 471 g/mol. The molecule has 1 aliphatic rings. The van der Waals surface area contributed by atoms with Crippen molar-refractivity contribution in [2.45, 2.75) is 83.4 Å². The zero-order valence-electron chi connectivity index (χ0n) is 16.0. The van der Waals surface area contributed by atoms with Crippen LogP contribution in [0.5, 0.6) is 0 Å². The van der Waals surface area contributed by atoms with Gasteiger partial charge in [-0.3, -0.25) is 9.20 Å². The van der Waals surface area contributed by atoms with Crippen LogP contribution in [-0.2, 0) is 10.8 Å². The van der Waals surface area contributed by atoms with Crippen molar-refractivity contribution in [2.75, 3.05) is 19.3 Å². The van der Waals surface area contributed by atoms with Crippen molar-refractivity contribution < 1.29 is 4.21 Å². The Kier molecular flexibility index (Phi) is 14.4. The molecule has 0 saturated heterocycles. The predicted molar refractivity (Wildman–Crippen MR) is 118 cm³/mol. The van der Waals surface area contributed by atoms with Gasteiger partial charge in [0.05, 0.1) is 0 Å². The first-order valence-corrected chi connectivity index (χ1v) is 10.9. The second-order valence-electron chi connectivity index (χ2n) is 6.67. The average Bonchev–Trinajstić information content (AvgIpc) is 2.60. The third kappa shape index (κ3) is 9.02. The number of nitrogens with one attached hydrogen (secondary N) is 2. The maximum Gasteiger partial charge on any atom is 0.191 e. The van der Waals surface area contributed by atoms with E-state index in [1.807, 2.05) is 14.0 Å². The summed E-state index contributed by atoms with van der Waals surface area (Å²) in [6.45, 7) is 7.53. The van der Waals surface area contributed by atoms with Gasteiger partial charge in [0.15, 0.2) is 5.96 Å². The van der Waals surface area contributed by atoms with Crippen molar-refractivity contribution in [3.8, 4) is 0 Å². The van der Waals surface area contributed by atoms with Crippen LogP contribution in [0.15, 0.2) is 4.99 Å². The van der Waals surface area contributed by atoms with E-state index < -0.39 is 10.8 Å². The first-order valence-electron chi connectivity index (χ1n) is 9.48. The summed E-state index contributed by atoms with van der Waals surface area (Å²) in [6, 6.07) is 0.408. The van der Waals surface area contributed by atoms with E-state index in [0.29, 0.717) is 11.3 Å². The van der Waals surface area contributed by atoms with Gasteiger partial charge in [-0.1, -0.05) is 46.5 Å². The summed E-state index contributed by atoms with van der Waals surface area (Å²) in [4.78, 5) is 4.38. The Morgan fingerprint density at radius 3 is 2.62 bits per heavy atom. The van der Waals surface area contributed by atoms with Gasteiger partial charge in [0.2, 0.25) is 0 Å². The van der Waals surface area contributed by atoms with Crippen LogP contribution >= 0.6 is 24.0 Å². The Bertz CT molecular complexity index is 379. The second kappa shape index (κ2) is 14.3. The molecule has 0 aliphatic heterocycles. The number of nitrogens with zero attached hydrogens (tertiary/aromatic N) is 1. The molecule has 0 bridgehead atoms. The molecule has 0 radical (unpaired) electrons. The molecule has 4 atom stereocenters. The first kappa shape index (κ1) is 24.1. The van der Waals surface area contributed by atoms with Crippen LogP contribution in [0.25, 0.3) is 0 Å². The highest BCUT2D eigenvalue weighted by atomic mass is 127. The Labute approximate surface area is 168 Å². The standard InChI is InChI=1S/C18H37N3OS.HI/c1-5-8-10-15(6-2)14-20-18(19-4)21-16-11-9-12-17(13-16)23(22)7-3;/h15-17H,5-14H2,1-4H3,(H2,19,20,21);1H. The molecule has 0 heterocycles. The monoisotopic (exact) mass is 471 g/mol. The molecule has 1 saturated carbocycles. The Hall–Kier alpha value is 0.150. The van der Waals surface area contributed by atoms with E-state index in [-0.39, 0.29) is 24.0 Å². The summed E-state index contributed by atoms with van der Waals surface area (Å²) in [5.41, 5.74) is 0. The van der Waals surface area contributed by atoms with Crippen LogP contribution < -0.4 is 10.6 Å². The van der Waals surface area contributed by atoms with Crippen molar-refractivity contribution in [1.29, 1.82) is 0 Å². The van der Waals surface area contributed by atoms with Gasteiger partial charge in [-0.15, -0.1) is 24.0 Å². The summed E-state index contributed by atoms with van der Waals surface area (Å²) < 4.78 is 12.1. The molecule has 0 amide bonds. The molecule has 1 fully saturated rings. The fourth-order valence-electron chi connectivity index (χ4n) is 3.32. The van der Waals surface area contributed by atoms with Gasteiger partial charge < -0.3 is 10.6 Å². The summed E-state index contributed by atoms with van der Waals surface area (Å²) >= 11 is 0. The highest BCUT2D eigenvalue weighted by molar-refractivity contribution is 14.0. The Morgan fingerprint density at radius 2 is 2.04 bits per heavy atom. The smallest absolute Gasteiger partial charge is 0.191 e. The summed E-state index contributed by atoms with van der Waals surface area (Å²) in [5, 5.41) is 7.41. The minimum Gasteiger partial charge on any atom is -0.356 e.